The Morgan fingerprint density at radius 1 is 1.40 bits per heavy atom. The second-order valence-corrected chi connectivity index (χ2v) is 4.46. The first-order chi connectivity index (χ1) is 6.84. The van der Waals surface area contributed by atoms with Crippen LogP contribution in [0.2, 0.25) is 0 Å². The Morgan fingerprint density at radius 2 is 1.93 bits per heavy atom. The van der Waals surface area contributed by atoms with E-state index in [1.54, 1.807) is 4.90 Å². The van der Waals surface area contributed by atoms with Crippen LogP contribution in [0.25, 0.3) is 0 Å². The number of nitrogens with two attached hydrogens (primary N) is 1. The number of hydrogen-bond acceptors (Lipinski definition) is 3. The fraction of sp³-hybridized carbons (Fsp3) is 0.800. The molecule has 0 aromatic heterocycles. The normalized spacial score (nSPS) is 10.5. The van der Waals surface area contributed by atoms with Gasteiger partial charge in [-0.3, -0.25) is 0 Å². The minimum absolute atomic E-state index is 0.0885. The van der Waals surface area contributed by atoms with Crippen molar-refractivity contribution in [3.8, 4) is 0 Å². The molecule has 0 heterocycles. The number of amides is 1. The van der Waals surface area contributed by atoms with Gasteiger partial charge in [-0.2, -0.15) is 0 Å². The lowest BCUT2D eigenvalue weighted by atomic mass is 10.3. The lowest BCUT2D eigenvalue weighted by molar-refractivity contribution is 0.0689. The van der Waals surface area contributed by atoms with Crippen molar-refractivity contribution in [3.05, 3.63) is 0 Å². The lowest BCUT2D eigenvalue weighted by Crippen LogP contribution is -2.40. The fourth-order valence-corrected chi connectivity index (χ4v) is 1.15. The molecule has 0 fully saturated rings. The summed E-state index contributed by atoms with van der Waals surface area (Å²) in [5.41, 5.74) is 5.39. The average molecular weight is 232 g/mol. The van der Waals surface area contributed by atoms with Crippen molar-refractivity contribution in [1.82, 2.24) is 4.90 Å². The number of carbonyl (C=O) groups excluding carboxylic acids is 1. The fourth-order valence-electron chi connectivity index (χ4n) is 1.06. The topological polar surface area (TPSA) is 55.6 Å². The van der Waals surface area contributed by atoms with E-state index in [-0.39, 0.29) is 18.2 Å². The first-order valence-electron chi connectivity index (χ1n) is 5.10. The van der Waals surface area contributed by atoms with Gasteiger partial charge in [-0.1, -0.05) is 12.2 Å². The first kappa shape index (κ1) is 14.2. The molecule has 0 aromatic rings. The minimum atomic E-state index is -0.309. The molecule has 0 bridgehead atoms. The van der Waals surface area contributed by atoms with Crippen molar-refractivity contribution >= 4 is 23.3 Å². The number of carbonyl (C=O) groups is 1. The number of hydrogen-bond donors (Lipinski definition) is 1. The van der Waals surface area contributed by atoms with E-state index in [2.05, 4.69) is 0 Å². The van der Waals surface area contributed by atoms with Crippen molar-refractivity contribution < 1.29 is 9.53 Å². The largest absolute Gasteiger partial charge is 0.447 e. The summed E-state index contributed by atoms with van der Waals surface area (Å²) in [4.78, 5) is 13.7. The summed E-state index contributed by atoms with van der Waals surface area (Å²) in [7, 11) is 0. The predicted molar refractivity (Wildman–Crippen MR) is 64.9 cm³/mol. The highest BCUT2D eigenvalue weighted by atomic mass is 32.1. The van der Waals surface area contributed by atoms with Crippen LogP contribution in [0.15, 0.2) is 0 Å². The smallest absolute Gasteiger partial charge is 0.410 e. The number of rotatable bonds is 5. The molecule has 0 saturated carbocycles. The summed E-state index contributed by atoms with van der Waals surface area (Å²) in [5.74, 6) is 0. The van der Waals surface area contributed by atoms with E-state index in [0.29, 0.717) is 18.0 Å². The van der Waals surface area contributed by atoms with Gasteiger partial charge in [0.25, 0.3) is 0 Å². The molecule has 88 valence electrons. The van der Waals surface area contributed by atoms with E-state index in [1.807, 2.05) is 27.7 Å². The molecule has 0 rings (SSSR count). The zero-order chi connectivity index (χ0) is 12.0. The van der Waals surface area contributed by atoms with Crippen molar-refractivity contribution in [1.29, 1.82) is 0 Å². The molecule has 1 amide bonds. The Kier molecular flexibility index (Phi) is 6.24. The third-order valence-electron chi connectivity index (χ3n) is 1.79. The SMILES string of the molecule is CC(C)OC(=O)N(CCC(N)=S)C(C)C. The number of nitrogens with zero attached hydrogens (tertiary/aromatic N) is 1. The van der Waals surface area contributed by atoms with Crippen molar-refractivity contribution in [3.63, 3.8) is 0 Å². The molecule has 0 aliphatic heterocycles. The van der Waals surface area contributed by atoms with Crippen LogP contribution in [0.1, 0.15) is 34.1 Å². The molecular formula is C10H20N2O2S. The summed E-state index contributed by atoms with van der Waals surface area (Å²) in [5, 5.41) is 0. The number of ether oxygens (including phenoxy) is 1. The van der Waals surface area contributed by atoms with Crippen molar-refractivity contribution in [2.24, 2.45) is 5.73 Å². The van der Waals surface area contributed by atoms with Gasteiger partial charge in [0.1, 0.15) is 0 Å². The summed E-state index contributed by atoms with van der Waals surface area (Å²) >= 11 is 4.77. The Morgan fingerprint density at radius 3 is 2.27 bits per heavy atom. The summed E-state index contributed by atoms with van der Waals surface area (Å²) in [6.07, 6.45) is 0.112. The van der Waals surface area contributed by atoms with Crippen LogP contribution in [-0.2, 0) is 4.74 Å². The van der Waals surface area contributed by atoms with Crippen LogP contribution in [-0.4, -0.2) is 34.7 Å². The monoisotopic (exact) mass is 232 g/mol. The maximum absolute atomic E-state index is 11.6. The molecule has 0 aromatic carbocycles. The van der Waals surface area contributed by atoms with Crippen LogP contribution in [0.4, 0.5) is 4.79 Å². The average Bonchev–Trinajstić information content (AvgIpc) is 2.01. The minimum Gasteiger partial charge on any atom is -0.447 e. The molecule has 15 heavy (non-hydrogen) atoms. The Bertz CT molecular complexity index is 229. The number of thiocarbonyl (C=S) groups is 1. The maximum Gasteiger partial charge on any atom is 0.410 e. The van der Waals surface area contributed by atoms with E-state index >= 15 is 0 Å². The van der Waals surface area contributed by atoms with E-state index in [4.69, 9.17) is 22.7 Å². The van der Waals surface area contributed by atoms with Gasteiger partial charge >= 0.3 is 6.09 Å². The molecule has 0 spiro atoms. The predicted octanol–water partition coefficient (Wildman–Crippen LogP) is 1.92. The highest BCUT2D eigenvalue weighted by molar-refractivity contribution is 7.80. The Labute approximate surface area is 96.8 Å². The molecule has 0 radical (unpaired) electrons. The highest BCUT2D eigenvalue weighted by Gasteiger charge is 2.19. The first-order valence-corrected chi connectivity index (χ1v) is 5.51. The standard InChI is InChI=1S/C10H20N2O2S/c1-7(2)12(6-5-9(11)15)10(13)14-8(3)4/h7-8H,5-6H2,1-4H3,(H2,11,15). The molecular weight excluding hydrogens is 212 g/mol. The van der Waals surface area contributed by atoms with E-state index < -0.39 is 0 Å². The maximum atomic E-state index is 11.6. The van der Waals surface area contributed by atoms with Crippen LogP contribution < -0.4 is 5.73 Å². The van der Waals surface area contributed by atoms with Gasteiger partial charge < -0.3 is 15.4 Å². The highest BCUT2D eigenvalue weighted by Crippen LogP contribution is 2.05. The van der Waals surface area contributed by atoms with E-state index in [0.717, 1.165) is 0 Å². The second-order valence-electron chi connectivity index (χ2n) is 3.94. The summed E-state index contributed by atoms with van der Waals surface area (Å²) in [6, 6.07) is 0.0885. The van der Waals surface area contributed by atoms with Gasteiger partial charge in [0, 0.05) is 19.0 Å². The summed E-state index contributed by atoms with van der Waals surface area (Å²) in [6.45, 7) is 8.02. The van der Waals surface area contributed by atoms with E-state index in [1.165, 1.54) is 0 Å². The van der Waals surface area contributed by atoms with E-state index in [9.17, 15) is 4.79 Å². The van der Waals surface area contributed by atoms with Gasteiger partial charge in [0.15, 0.2) is 0 Å². The van der Waals surface area contributed by atoms with Crippen LogP contribution >= 0.6 is 12.2 Å². The van der Waals surface area contributed by atoms with Crippen molar-refractivity contribution in [2.45, 2.75) is 46.3 Å². The molecule has 5 heteroatoms. The lowest BCUT2D eigenvalue weighted by Gasteiger charge is -2.26. The van der Waals surface area contributed by atoms with Gasteiger partial charge in [0.2, 0.25) is 0 Å². The summed E-state index contributed by atoms with van der Waals surface area (Å²) < 4.78 is 5.11. The quantitative estimate of drug-likeness (QED) is 0.736. The second kappa shape index (κ2) is 6.61. The third kappa shape index (κ3) is 6.28. The van der Waals surface area contributed by atoms with Crippen LogP contribution in [0.3, 0.4) is 0 Å². The van der Waals surface area contributed by atoms with Gasteiger partial charge in [-0.25, -0.2) is 4.79 Å². The molecule has 0 aliphatic carbocycles. The van der Waals surface area contributed by atoms with Crippen molar-refractivity contribution in [2.75, 3.05) is 6.54 Å². The van der Waals surface area contributed by atoms with Gasteiger partial charge in [-0.05, 0) is 27.7 Å². The Balaban J connectivity index is 4.25. The third-order valence-corrected chi connectivity index (χ3v) is 2.00. The molecule has 0 aliphatic rings. The van der Waals surface area contributed by atoms with Gasteiger partial charge in [0.05, 0.1) is 11.1 Å². The zero-order valence-corrected chi connectivity index (χ0v) is 10.6. The molecule has 0 unspecified atom stereocenters. The zero-order valence-electron chi connectivity index (χ0n) is 9.82. The molecule has 0 atom stereocenters. The van der Waals surface area contributed by atoms with Gasteiger partial charge in [-0.15, -0.1) is 0 Å². The molecule has 0 saturated heterocycles. The molecule has 4 nitrogen and oxygen atoms in total. The van der Waals surface area contributed by atoms with Crippen LogP contribution in [0.5, 0.6) is 0 Å². The molecule has 2 N–H and O–H groups in total. The van der Waals surface area contributed by atoms with Crippen LogP contribution in [0, 0.1) is 0 Å². The Hall–Kier alpha value is -0.840.